The fraction of sp³-hybridized carbons (Fsp3) is 0.333. The van der Waals surface area contributed by atoms with Crippen LogP contribution >= 0.6 is 15.9 Å². The maximum Gasteiger partial charge on any atom is 0.329 e. The molecular formula is C12H10BrFN2O2. The van der Waals surface area contributed by atoms with Gasteiger partial charge in [0, 0.05) is 0 Å². The highest BCUT2D eigenvalue weighted by Crippen LogP contribution is 2.37. The van der Waals surface area contributed by atoms with Crippen molar-refractivity contribution in [3.63, 3.8) is 0 Å². The van der Waals surface area contributed by atoms with E-state index in [-0.39, 0.29) is 15.7 Å². The lowest BCUT2D eigenvalue weighted by Crippen LogP contribution is -2.52. The van der Waals surface area contributed by atoms with Gasteiger partial charge in [0.1, 0.15) is 11.6 Å². The average Bonchev–Trinajstić information content (AvgIpc) is 2.28. The summed E-state index contributed by atoms with van der Waals surface area (Å²) in [5.74, 6) is -1.62. The number of halogens is 2. The van der Waals surface area contributed by atoms with Crippen LogP contribution in [-0.4, -0.2) is 16.6 Å². The van der Waals surface area contributed by atoms with Crippen LogP contribution in [0.15, 0.2) is 16.6 Å². The molecule has 2 rings (SSSR count). The summed E-state index contributed by atoms with van der Waals surface area (Å²) in [7, 11) is 0. The maximum atomic E-state index is 13.9. The highest BCUT2D eigenvalue weighted by molar-refractivity contribution is 9.10. The molecule has 0 radical (unpaired) electrons. The smallest absolute Gasteiger partial charge is 0.329 e. The number of nitrogens with one attached hydrogen (secondary N) is 1. The minimum absolute atomic E-state index is 0.0508. The summed E-state index contributed by atoms with van der Waals surface area (Å²) in [5.41, 5.74) is -0.798. The number of hydrogen-bond acceptors (Lipinski definition) is 3. The Bertz CT molecular complexity index is 550. The van der Waals surface area contributed by atoms with Crippen LogP contribution in [0.2, 0.25) is 0 Å². The van der Waals surface area contributed by atoms with E-state index in [0.717, 1.165) is 6.42 Å². The van der Waals surface area contributed by atoms with Gasteiger partial charge in [-0.05, 0) is 47.3 Å². The molecule has 0 aliphatic heterocycles. The number of nitrogens with zero attached hydrogens (tertiary/aromatic N) is 1. The van der Waals surface area contributed by atoms with Gasteiger partial charge in [-0.25, -0.2) is 9.18 Å². The molecule has 0 aromatic heterocycles. The second-order valence-electron chi connectivity index (χ2n) is 4.27. The summed E-state index contributed by atoms with van der Waals surface area (Å²) < 4.78 is 14.0. The van der Waals surface area contributed by atoms with E-state index < -0.39 is 17.3 Å². The van der Waals surface area contributed by atoms with E-state index in [9.17, 15) is 9.18 Å². The molecular weight excluding hydrogens is 303 g/mol. The number of nitriles is 1. The number of rotatable bonds is 3. The third kappa shape index (κ3) is 1.95. The van der Waals surface area contributed by atoms with Crippen LogP contribution < -0.4 is 5.32 Å². The van der Waals surface area contributed by atoms with E-state index in [1.54, 1.807) is 0 Å². The van der Waals surface area contributed by atoms with Gasteiger partial charge in [-0.1, -0.05) is 0 Å². The van der Waals surface area contributed by atoms with E-state index in [1.165, 1.54) is 12.1 Å². The number of anilines is 1. The van der Waals surface area contributed by atoms with Gasteiger partial charge in [0.2, 0.25) is 0 Å². The van der Waals surface area contributed by atoms with Crippen molar-refractivity contribution in [1.82, 2.24) is 0 Å². The highest BCUT2D eigenvalue weighted by atomic mass is 79.9. The third-order valence-corrected chi connectivity index (χ3v) is 3.97. The molecule has 6 heteroatoms. The van der Waals surface area contributed by atoms with Crippen LogP contribution in [0, 0.1) is 17.1 Å². The first-order valence-electron chi connectivity index (χ1n) is 5.40. The second-order valence-corrected chi connectivity index (χ2v) is 5.06. The molecule has 0 bridgehead atoms. The molecule has 0 saturated heterocycles. The molecule has 4 nitrogen and oxygen atoms in total. The standard InChI is InChI=1S/C12H10BrFN2O2/c13-9-7(6-15)2-3-8(10(9)14)16-12(11(17)18)4-1-5-12/h2-3,16H,1,4-5H2,(H,17,18). The molecule has 1 saturated carbocycles. The maximum absolute atomic E-state index is 13.9. The first-order chi connectivity index (χ1) is 8.50. The first-order valence-corrected chi connectivity index (χ1v) is 6.19. The summed E-state index contributed by atoms with van der Waals surface area (Å²) in [6.45, 7) is 0. The number of carboxylic acid groups (broad SMARTS) is 1. The van der Waals surface area contributed by atoms with Crippen molar-refractivity contribution < 1.29 is 14.3 Å². The summed E-state index contributed by atoms with van der Waals surface area (Å²) in [6.07, 6.45) is 1.75. The van der Waals surface area contributed by atoms with Crippen molar-refractivity contribution in [2.24, 2.45) is 0 Å². The van der Waals surface area contributed by atoms with E-state index in [1.807, 2.05) is 6.07 Å². The van der Waals surface area contributed by atoms with E-state index in [2.05, 4.69) is 21.2 Å². The number of hydrogen-bond donors (Lipinski definition) is 2. The Morgan fingerprint density at radius 3 is 2.67 bits per heavy atom. The zero-order valence-electron chi connectivity index (χ0n) is 9.33. The number of carboxylic acids is 1. The lowest BCUT2D eigenvalue weighted by atomic mass is 9.76. The predicted octanol–water partition coefficient (Wildman–Crippen LogP) is 2.88. The predicted molar refractivity (Wildman–Crippen MR) is 66.7 cm³/mol. The Morgan fingerprint density at radius 2 is 2.22 bits per heavy atom. The van der Waals surface area contributed by atoms with Crippen molar-refractivity contribution in [2.75, 3.05) is 5.32 Å². The number of aliphatic carboxylic acids is 1. The van der Waals surface area contributed by atoms with Gasteiger partial charge in [0.05, 0.1) is 15.7 Å². The molecule has 0 heterocycles. The molecule has 1 aromatic rings. The summed E-state index contributed by atoms with van der Waals surface area (Å²) in [5, 5.41) is 20.6. The molecule has 0 atom stereocenters. The van der Waals surface area contributed by atoms with Crippen LogP contribution in [0.25, 0.3) is 0 Å². The molecule has 1 fully saturated rings. The summed E-state index contributed by atoms with van der Waals surface area (Å²) >= 11 is 2.99. The topological polar surface area (TPSA) is 73.1 Å². The van der Waals surface area contributed by atoms with Gasteiger partial charge in [0.15, 0.2) is 5.82 Å². The quantitative estimate of drug-likeness (QED) is 0.900. The van der Waals surface area contributed by atoms with Crippen molar-refractivity contribution in [2.45, 2.75) is 24.8 Å². The lowest BCUT2D eigenvalue weighted by molar-refractivity contribution is -0.145. The van der Waals surface area contributed by atoms with Crippen LogP contribution in [0.3, 0.4) is 0 Å². The summed E-state index contributed by atoms with van der Waals surface area (Å²) in [4.78, 5) is 11.2. The van der Waals surface area contributed by atoms with E-state index in [0.29, 0.717) is 12.8 Å². The van der Waals surface area contributed by atoms with Gasteiger partial charge < -0.3 is 10.4 Å². The molecule has 18 heavy (non-hydrogen) atoms. The summed E-state index contributed by atoms with van der Waals surface area (Å²) in [6, 6.07) is 4.68. The van der Waals surface area contributed by atoms with Crippen molar-refractivity contribution in [3.05, 3.63) is 28.0 Å². The first kappa shape index (κ1) is 12.8. The minimum Gasteiger partial charge on any atom is -0.480 e. The Hall–Kier alpha value is -1.61. The second kappa shape index (κ2) is 4.58. The molecule has 94 valence electrons. The molecule has 2 N–H and O–H groups in total. The van der Waals surface area contributed by atoms with Gasteiger partial charge in [-0.3, -0.25) is 0 Å². The Morgan fingerprint density at radius 1 is 1.56 bits per heavy atom. The fourth-order valence-electron chi connectivity index (χ4n) is 1.91. The molecule has 0 amide bonds. The van der Waals surface area contributed by atoms with Crippen molar-refractivity contribution in [3.8, 4) is 6.07 Å². The van der Waals surface area contributed by atoms with E-state index in [4.69, 9.17) is 10.4 Å². The number of benzene rings is 1. The van der Waals surface area contributed by atoms with Gasteiger partial charge >= 0.3 is 5.97 Å². The van der Waals surface area contributed by atoms with Crippen LogP contribution in [0.4, 0.5) is 10.1 Å². The van der Waals surface area contributed by atoms with Crippen molar-refractivity contribution in [1.29, 1.82) is 5.26 Å². The Labute approximate surface area is 112 Å². The van der Waals surface area contributed by atoms with Crippen LogP contribution in [0.1, 0.15) is 24.8 Å². The largest absolute Gasteiger partial charge is 0.480 e. The molecule has 0 unspecified atom stereocenters. The van der Waals surface area contributed by atoms with Gasteiger partial charge in [0.25, 0.3) is 0 Å². The van der Waals surface area contributed by atoms with Crippen LogP contribution in [0.5, 0.6) is 0 Å². The monoisotopic (exact) mass is 312 g/mol. The molecule has 0 spiro atoms. The molecule has 1 aromatic carbocycles. The SMILES string of the molecule is N#Cc1ccc(NC2(C(=O)O)CCC2)c(F)c1Br. The third-order valence-electron chi connectivity index (χ3n) is 3.19. The minimum atomic E-state index is -1.07. The molecule has 1 aliphatic rings. The Kier molecular flexibility index (Phi) is 3.26. The normalized spacial score (nSPS) is 16.5. The average molecular weight is 313 g/mol. The van der Waals surface area contributed by atoms with Crippen molar-refractivity contribution >= 4 is 27.6 Å². The Balaban J connectivity index is 2.33. The zero-order chi connectivity index (χ0) is 13.3. The molecule has 1 aliphatic carbocycles. The van der Waals surface area contributed by atoms with E-state index >= 15 is 0 Å². The zero-order valence-corrected chi connectivity index (χ0v) is 10.9. The highest BCUT2D eigenvalue weighted by Gasteiger charge is 2.44. The fourth-order valence-corrected chi connectivity index (χ4v) is 2.35. The lowest BCUT2D eigenvalue weighted by Gasteiger charge is -2.39. The van der Waals surface area contributed by atoms with Gasteiger partial charge in [-0.2, -0.15) is 5.26 Å². The number of carbonyl (C=O) groups is 1. The van der Waals surface area contributed by atoms with Gasteiger partial charge in [-0.15, -0.1) is 0 Å². The van der Waals surface area contributed by atoms with Crippen LogP contribution in [-0.2, 0) is 4.79 Å².